The molecule has 0 radical (unpaired) electrons. The number of hydrogen-bond donors (Lipinski definition) is 1. The van der Waals surface area contributed by atoms with Crippen LogP contribution >= 0.6 is 0 Å². The molecule has 0 aromatic rings. The summed E-state index contributed by atoms with van der Waals surface area (Å²) < 4.78 is 0. The molecule has 38 valence electrons. The van der Waals surface area contributed by atoms with Crippen LogP contribution in [0.5, 0.6) is 0 Å². The fourth-order valence-corrected chi connectivity index (χ4v) is 0. The Morgan fingerprint density at radius 2 is 2.00 bits per heavy atom. The Morgan fingerprint density at radius 3 is 2.00 bits per heavy atom. The van der Waals surface area contributed by atoms with Gasteiger partial charge in [-0.2, -0.15) is 0 Å². The second-order valence-corrected chi connectivity index (χ2v) is 0.542. The summed E-state index contributed by atoms with van der Waals surface area (Å²) in [4.78, 5) is 9.25. The van der Waals surface area contributed by atoms with E-state index in [-0.39, 0.29) is 16.5 Å². The Labute approximate surface area is 45.8 Å². The van der Waals surface area contributed by atoms with E-state index in [1.807, 2.05) is 0 Å². The third kappa shape index (κ3) is 9.33. The molecule has 0 spiro atoms. The molecular formula is C3H4NiO2. The van der Waals surface area contributed by atoms with Crippen molar-refractivity contribution in [3.05, 3.63) is 12.7 Å². The number of carbonyl (C=O) groups is 1. The fraction of sp³-hybridized carbons (Fsp3) is 0. The normalized spacial score (nSPS) is 5.33. The van der Waals surface area contributed by atoms with Crippen LogP contribution in [-0.4, -0.2) is 11.1 Å². The predicted octanol–water partition coefficient (Wildman–Crippen LogP) is 0.254. The molecule has 0 amide bonds. The summed E-state index contributed by atoms with van der Waals surface area (Å²) in [7, 11) is 0. The van der Waals surface area contributed by atoms with Gasteiger partial charge in [-0.05, 0) is 0 Å². The molecule has 2 nitrogen and oxygen atoms in total. The van der Waals surface area contributed by atoms with Crippen LogP contribution in [0.25, 0.3) is 0 Å². The van der Waals surface area contributed by atoms with Crippen LogP contribution in [0, 0.1) is 0 Å². The fourth-order valence-electron chi connectivity index (χ4n) is 0. The van der Waals surface area contributed by atoms with Crippen molar-refractivity contribution in [2.45, 2.75) is 0 Å². The predicted molar refractivity (Wildman–Crippen MR) is 17.8 cm³/mol. The smallest absolute Gasteiger partial charge is 0.327 e. The molecule has 0 unspecified atom stereocenters. The summed E-state index contributed by atoms with van der Waals surface area (Å²) >= 11 is 0. The van der Waals surface area contributed by atoms with Gasteiger partial charge in [0, 0.05) is 22.6 Å². The van der Waals surface area contributed by atoms with Gasteiger partial charge in [-0.25, -0.2) is 4.79 Å². The average molecular weight is 131 g/mol. The van der Waals surface area contributed by atoms with E-state index in [2.05, 4.69) is 6.58 Å². The molecule has 0 saturated heterocycles. The van der Waals surface area contributed by atoms with Crippen LogP contribution in [-0.2, 0) is 21.3 Å². The van der Waals surface area contributed by atoms with Crippen molar-refractivity contribution in [1.29, 1.82) is 0 Å². The van der Waals surface area contributed by atoms with E-state index in [1.54, 1.807) is 0 Å². The van der Waals surface area contributed by atoms with E-state index in [4.69, 9.17) is 5.11 Å². The van der Waals surface area contributed by atoms with Gasteiger partial charge in [-0.1, -0.05) is 6.58 Å². The molecule has 3 heteroatoms. The van der Waals surface area contributed by atoms with Crippen molar-refractivity contribution >= 4 is 5.97 Å². The SMILES string of the molecule is C=CC(=O)O.[Ni]. The monoisotopic (exact) mass is 130 g/mol. The minimum atomic E-state index is -0.981. The van der Waals surface area contributed by atoms with Crippen molar-refractivity contribution in [2.75, 3.05) is 0 Å². The summed E-state index contributed by atoms with van der Waals surface area (Å²) in [6.45, 7) is 2.96. The maximum absolute atomic E-state index is 9.25. The van der Waals surface area contributed by atoms with Crippen LogP contribution in [0.2, 0.25) is 0 Å². The Hall–Kier alpha value is -0.296. The summed E-state index contributed by atoms with van der Waals surface area (Å²) in [5.74, 6) is -0.981. The molecule has 0 fully saturated rings. The van der Waals surface area contributed by atoms with Crippen molar-refractivity contribution in [1.82, 2.24) is 0 Å². The van der Waals surface area contributed by atoms with Gasteiger partial charge in [0.2, 0.25) is 0 Å². The Balaban J connectivity index is 0. The molecule has 0 aliphatic heterocycles. The molecule has 0 bridgehead atoms. The third-order valence-electron chi connectivity index (χ3n) is 0.175. The quantitative estimate of drug-likeness (QED) is 0.409. The van der Waals surface area contributed by atoms with Crippen LogP contribution < -0.4 is 0 Å². The number of aliphatic carboxylic acids is 1. The first-order valence-corrected chi connectivity index (χ1v) is 1.12. The second kappa shape index (κ2) is 4.70. The van der Waals surface area contributed by atoms with E-state index in [1.165, 1.54) is 0 Å². The zero-order chi connectivity index (χ0) is 4.28. The molecule has 0 aromatic carbocycles. The van der Waals surface area contributed by atoms with Crippen molar-refractivity contribution in [3.8, 4) is 0 Å². The minimum absolute atomic E-state index is 0. The first kappa shape index (κ1) is 9.20. The Bertz CT molecular complexity index is 59.8. The van der Waals surface area contributed by atoms with Gasteiger partial charge in [-0.3, -0.25) is 0 Å². The molecule has 1 N–H and O–H groups in total. The first-order valence-electron chi connectivity index (χ1n) is 1.12. The number of carboxylic acids is 1. The van der Waals surface area contributed by atoms with E-state index >= 15 is 0 Å². The Morgan fingerprint density at radius 1 is 1.83 bits per heavy atom. The molecule has 6 heavy (non-hydrogen) atoms. The molecule has 0 atom stereocenters. The second-order valence-electron chi connectivity index (χ2n) is 0.542. The number of rotatable bonds is 1. The van der Waals surface area contributed by atoms with Gasteiger partial charge < -0.3 is 5.11 Å². The summed E-state index contributed by atoms with van der Waals surface area (Å²) in [5, 5.41) is 7.60. The summed E-state index contributed by atoms with van der Waals surface area (Å²) in [6.07, 6.45) is 0.833. The summed E-state index contributed by atoms with van der Waals surface area (Å²) in [6, 6.07) is 0. The average Bonchev–Trinajstić information content (AvgIpc) is 1.38. The third-order valence-corrected chi connectivity index (χ3v) is 0.175. The first-order chi connectivity index (χ1) is 2.27. The molecule has 0 saturated carbocycles. The van der Waals surface area contributed by atoms with E-state index in [0.29, 0.717) is 0 Å². The van der Waals surface area contributed by atoms with Crippen molar-refractivity contribution < 1.29 is 26.4 Å². The zero-order valence-corrected chi connectivity index (χ0v) is 3.94. The maximum atomic E-state index is 9.25. The van der Waals surface area contributed by atoms with Gasteiger partial charge in [0.15, 0.2) is 0 Å². The van der Waals surface area contributed by atoms with Crippen LogP contribution in [0.3, 0.4) is 0 Å². The van der Waals surface area contributed by atoms with E-state index < -0.39 is 5.97 Å². The van der Waals surface area contributed by atoms with Crippen LogP contribution in [0.1, 0.15) is 0 Å². The van der Waals surface area contributed by atoms with Crippen molar-refractivity contribution in [3.63, 3.8) is 0 Å². The van der Waals surface area contributed by atoms with E-state index in [0.717, 1.165) is 6.08 Å². The zero-order valence-electron chi connectivity index (χ0n) is 2.96. The van der Waals surface area contributed by atoms with Gasteiger partial charge in [0.05, 0.1) is 0 Å². The van der Waals surface area contributed by atoms with E-state index in [9.17, 15) is 4.79 Å². The van der Waals surface area contributed by atoms with Gasteiger partial charge >= 0.3 is 5.97 Å². The number of hydrogen-bond acceptors (Lipinski definition) is 1. The van der Waals surface area contributed by atoms with Gasteiger partial charge in [0.25, 0.3) is 0 Å². The molecule has 0 rings (SSSR count). The standard InChI is InChI=1S/C3H4O2.Ni/c1-2-3(4)5;/h2H,1H2,(H,4,5);. The molecule has 0 heterocycles. The van der Waals surface area contributed by atoms with Crippen molar-refractivity contribution in [2.24, 2.45) is 0 Å². The Kier molecular flexibility index (Phi) is 7.21. The molecular weight excluding hydrogens is 127 g/mol. The van der Waals surface area contributed by atoms with Gasteiger partial charge in [0.1, 0.15) is 0 Å². The largest absolute Gasteiger partial charge is 0.478 e. The summed E-state index contributed by atoms with van der Waals surface area (Å²) in [5.41, 5.74) is 0. The molecule has 0 aromatic heterocycles. The topological polar surface area (TPSA) is 37.3 Å². The maximum Gasteiger partial charge on any atom is 0.327 e. The number of carboxylic acid groups (broad SMARTS) is 1. The molecule has 0 aliphatic carbocycles. The van der Waals surface area contributed by atoms with Crippen LogP contribution in [0.4, 0.5) is 0 Å². The van der Waals surface area contributed by atoms with Crippen LogP contribution in [0.15, 0.2) is 12.7 Å². The van der Waals surface area contributed by atoms with Gasteiger partial charge in [-0.15, -0.1) is 0 Å². The molecule has 0 aliphatic rings. The minimum Gasteiger partial charge on any atom is -0.478 e.